The minimum absolute atomic E-state index is 0.130. The molecule has 1 aliphatic rings. The maximum absolute atomic E-state index is 12.8. The van der Waals surface area contributed by atoms with E-state index in [0.29, 0.717) is 0 Å². The first-order valence-corrected chi connectivity index (χ1v) is 7.38. The van der Waals surface area contributed by atoms with Gasteiger partial charge in [-0.2, -0.15) is 0 Å². The van der Waals surface area contributed by atoms with E-state index in [4.69, 9.17) is 0 Å². The number of hydrogen-bond acceptors (Lipinski definition) is 2. The summed E-state index contributed by atoms with van der Waals surface area (Å²) in [6.45, 7) is 8.04. The van der Waals surface area contributed by atoms with Gasteiger partial charge in [-0.1, -0.05) is 18.2 Å². The van der Waals surface area contributed by atoms with Crippen LogP contribution in [0.4, 0.5) is 0 Å². The second kappa shape index (κ2) is 6.21. The minimum Gasteiger partial charge on any atom is -0.333 e. The number of rotatable bonds is 1. The van der Waals surface area contributed by atoms with Crippen molar-refractivity contribution in [3.8, 4) is 0 Å². The topological polar surface area (TPSA) is 32.7 Å². The monoisotopic (exact) mass is 272 g/mol. The molecular formula is C17H24N2O. The molecule has 0 unspecified atom stereocenters. The molecule has 1 aromatic rings. The molecule has 0 saturated carbocycles. The van der Waals surface area contributed by atoms with E-state index in [1.165, 1.54) is 0 Å². The fourth-order valence-electron chi connectivity index (χ4n) is 2.84. The van der Waals surface area contributed by atoms with Crippen LogP contribution in [0, 0.1) is 0 Å². The first-order valence-electron chi connectivity index (χ1n) is 7.38. The normalized spacial score (nSPS) is 19.6. The number of amides is 1. The Morgan fingerprint density at radius 2 is 1.90 bits per heavy atom. The zero-order valence-electron chi connectivity index (χ0n) is 12.7. The second-order valence-corrected chi connectivity index (χ2v) is 6.14. The van der Waals surface area contributed by atoms with Crippen molar-refractivity contribution in [1.82, 2.24) is 4.90 Å². The molecule has 1 aliphatic heterocycles. The SMILES string of the molecule is CC1=NCCCCN(C(=O)c2ccccc2)C(C)(C)C1. The van der Waals surface area contributed by atoms with Gasteiger partial charge in [-0.15, -0.1) is 0 Å². The Morgan fingerprint density at radius 3 is 2.60 bits per heavy atom. The first kappa shape index (κ1) is 14.8. The van der Waals surface area contributed by atoms with E-state index < -0.39 is 0 Å². The zero-order valence-corrected chi connectivity index (χ0v) is 12.7. The Hall–Kier alpha value is -1.64. The Kier molecular flexibility index (Phi) is 4.58. The van der Waals surface area contributed by atoms with Crippen molar-refractivity contribution in [3.63, 3.8) is 0 Å². The van der Waals surface area contributed by atoms with Crippen molar-refractivity contribution in [1.29, 1.82) is 0 Å². The van der Waals surface area contributed by atoms with E-state index in [0.717, 1.165) is 43.6 Å². The molecule has 20 heavy (non-hydrogen) atoms. The summed E-state index contributed by atoms with van der Waals surface area (Å²) in [4.78, 5) is 19.4. The lowest BCUT2D eigenvalue weighted by molar-refractivity contribution is 0.0559. The predicted octanol–water partition coefficient (Wildman–Crippen LogP) is 3.55. The molecule has 0 N–H and O–H groups in total. The summed E-state index contributed by atoms with van der Waals surface area (Å²) in [5.74, 6) is 0.130. The Balaban J connectivity index is 2.27. The van der Waals surface area contributed by atoms with Crippen LogP contribution in [0.15, 0.2) is 35.3 Å². The summed E-state index contributed by atoms with van der Waals surface area (Å²) in [6.07, 6.45) is 2.90. The van der Waals surface area contributed by atoms with Crippen LogP contribution in [0.2, 0.25) is 0 Å². The molecule has 108 valence electrons. The molecule has 3 nitrogen and oxygen atoms in total. The van der Waals surface area contributed by atoms with Crippen LogP contribution in [-0.2, 0) is 0 Å². The summed E-state index contributed by atoms with van der Waals surface area (Å²) >= 11 is 0. The van der Waals surface area contributed by atoms with Gasteiger partial charge in [-0.05, 0) is 45.7 Å². The molecule has 0 fully saturated rings. The molecule has 1 aromatic carbocycles. The van der Waals surface area contributed by atoms with Crippen LogP contribution < -0.4 is 0 Å². The van der Waals surface area contributed by atoms with Gasteiger partial charge in [0.1, 0.15) is 0 Å². The van der Waals surface area contributed by atoms with Gasteiger partial charge in [0.25, 0.3) is 5.91 Å². The highest BCUT2D eigenvalue weighted by Crippen LogP contribution is 2.24. The zero-order chi connectivity index (χ0) is 14.6. The lowest BCUT2D eigenvalue weighted by Crippen LogP contribution is -2.49. The maximum atomic E-state index is 12.8. The Morgan fingerprint density at radius 1 is 1.20 bits per heavy atom. The largest absolute Gasteiger partial charge is 0.333 e. The van der Waals surface area contributed by atoms with Crippen LogP contribution in [0.1, 0.15) is 50.4 Å². The van der Waals surface area contributed by atoms with Gasteiger partial charge in [0.2, 0.25) is 0 Å². The van der Waals surface area contributed by atoms with Crippen molar-refractivity contribution in [2.24, 2.45) is 4.99 Å². The smallest absolute Gasteiger partial charge is 0.254 e. The standard InChI is InChI=1S/C17H24N2O/c1-14-13-17(2,3)19(12-8-7-11-18-14)16(20)15-9-5-4-6-10-15/h4-6,9-10H,7-8,11-13H2,1-3H3. The second-order valence-electron chi connectivity index (χ2n) is 6.14. The van der Waals surface area contributed by atoms with E-state index in [1.54, 1.807) is 0 Å². The van der Waals surface area contributed by atoms with Gasteiger partial charge >= 0.3 is 0 Å². The highest BCUT2D eigenvalue weighted by atomic mass is 16.2. The molecule has 0 aliphatic carbocycles. The van der Waals surface area contributed by atoms with Gasteiger partial charge in [0, 0.05) is 36.3 Å². The number of carbonyl (C=O) groups is 1. The molecular weight excluding hydrogens is 248 g/mol. The maximum Gasteiger partial charge on any atom is 0.254 e. The molecule has 1 heterocycles. The van der Waals surface area contributed by atoms with Crippen LogP contribution in [0.25, 0.3) is 0 Å². The summed E-state index contributed by atoms with van der Waals surface area (Å²) < 4.78 is 0. The summed E-state index contributed by atoms with van der Waals surface area (Å²) in [5.41, 5.74) is 1.72. The lowest BCUT2D eigenvalue weighted by atomic mass is 9.94. The molecule has 0 saturated heterocycles. The van der Waals surface area contributed by atoms with Crippen LogP contribution in [0.5, 0.6) is 0 Å². The summed E-state index contributed by atoms with van der Waals surface area (Å²) in [6, 6.07) is 9.57. The van der Waals surface area contributed by atoms with Gasteiger partial charge in [0.05, 0.1) is 0 Å². The van der Waals surface area contributed by atoms with E-state index in [-0.39, 0.29) is 11.4 Å². The predicted molar refractivity (Wildman–Crippen MR) is 83.4 cm³/mol. The Labute approximate surface area is 121 Å². The van der Waals surface area contributed by atoms with Crippen molar-refractivity contribution >= 4 is 11.6 Å². The number of carbonyl (C=O) groups excluding carboxylic acids is 1. The Bertz CT molecular complexity index is 491. The molecule has 0 radical (unpaired) electrons. The third-order valence-corrected chi connectivity index (χ3v) is 3.86. The van der Waals surface area contributed by atoms with Crippen molar-refractivity contribution in [2.75, 3.05) is 13.1 Å². The molecule has 0 bridgehead atoms. The minimum atomic E-state index is -0.190. The summed E-state index contributed by atoms with van der Waals surface area (Å²) in [5, 5.41) is 0. The highest BCUT2D eigenvalue weighted by molar-refractivity contribution is 5.95. The van der Waals surface area contributed by atoms with E-state index in [2.05, 4.69) is 25.8 Å². The third kappa shape index (κ3) is 3.47. The number of benzene rings is 1. The van der Waals surface area contributed by atoms with Gasteiger partial charge < -0.3 is 4.90 Å². The number of nitrogens with zero attached hydrogens (tertiary/aromatic N) is 2. The average molecular weight is 272 g/mol. The van der Waals surface area contributed by atoms with Gasteiger partial charge in [-0.25, -0.2) is 0 Å². The van der Waals surface area contributed by atoms with Gasteiger partial charge in [-0.3, -0.25) is 9.79 Å². The molecule has 0 atom stereocenters. The lowest BCUT2D eigenvalue weighted by Gasteiger charge is -2.38. The fraction of sp³-hybridized carbons (Fsp3) is 0.529. The van der Waals surface area contributed by atoms with Crippen LogP contribution in [-0.4, -0.2) is 35.1 Å². The highest BCUT2D eigenvalue weighted by Gasteiger charge is 2.32. The molecule has 3 heteroatoms. The first-order chi connectivity index (χ1) is 9.50. The average Bonchev–Trinajstić information content (AvgIpc) is 2.47. The summed E-state index contributed by atoms with van der Waals surface area (Å²) in [7, 11) is 0. The number of hydrogen-bond donors (Lipinski definition) is 0. The van der Waals surface area contributed by atoms with Crippen molar-refractivity contribution < 1.29 is 4.79 Å². The fourth-order valence-corrected chi connectivity index (χ4v) is 2.84. The van der Waals surface area contributed by atoms with E-state index in [9.17, 15) is 4.79 Å². The third-order valence-electron chi connectivity index (χ3n) is 3.86. The van der Waals surface area contributed by atoms with Gasteiger partial charge in [0.15, 0.2) is 0 Å². The molecule has 1 amide bonds. The van der Waals surface area contributed by atoms with Crippen LogP contribution >= 0.6 is 0 Å². The van der Waals surface area contributed by atoms with E-state index in [1.807, 2.05) is 35.2 Å². The van der Waals surface area contributed by atoms with E-state index >= 15 is 0 Å². The molecule has 0 spiro atoms. The quantitative estimate of drug-likeness (QED) is 0.769. The molecule has 0 aromatic heterocycles. The number of aliphatic imine (C=N–C) groups is 1. The van der Waals surface area contributed by atoms with Crippen molar-refractivity contribution in [3.05, 3.63) is 35.9 Å². The molecule has 2 rings (SSSR count). The van der Waals surface area contributed by atoms with Crippen LogP contribution in [0.3, 0.4) is 0 Å². The van der Waals surface area contributed by atoms with Crippen molar-refractivity contribution in [2.45, 2.75) is 45.6 Å².